The molecule has 1 N–H and O–H groups in total. The van der Waals surface area contributed by atoms with Crippen molar-refractivity contribution in [3.63, 3.8) is 0 Å². The molecule has 0 saturated heterocycles. The highest BCUT2D eigenvalue weighted by Gasteiger charge is 2.26. The van der Waals surface area contributed by atoms with Crippen molar-refractivity contribution in [2.75, 3.05) is 25.6 Å². The number of methoxy groups -OCH3 is 1. The van der Waals surface area contributed by atoms with Crippen LogP contribution in [0.2, 0.25) is 0 Å². The van der Waals surface area contributed by atoms with Gasteiger partial charge in [0.25, 0.3) is 0 Å². The first-order valence-electron chi connectivity index (χ1n) is 6.22. The van der Waals surface area contributed by atoms with Crippen LogP contribution in [-0.4, -0.2) is 32.3 Å². The third kappa shape index (κ3) is 3.01. The third-order valence-corrected chi connectivity index (χ3v) is 3.07. The van der Waals surface area contributed by atoms with Crippen LogP contribution in [0, 0.1) is 5.92 Å². The summed E-state index contributed by atoms with van der Waals surface area (Å²) in [7, 11) is 1.60. The molecular formula is C14H19NO3. The largest absolute Gasteiger partial charge is 0.460 e. The van der Waals surface area contributed by atoms with E-state index in [2.05, 4.69) is 5.32 Å². The average molecular weight is 249 g/mol. The Labute approximate surface area is 107 Å². The summed E-state index contributed by atoms with van der Waals surface area (Å²) in [6, 6.07) is 8.05. The normalized spacial score (nSPS) is 19.6. The van der Waals surface area contributed by atoms with E-state index in [1.54, 1.807) is 7.11 Å². The molecule has 1 aromatic carbocycles. The number of fused-ring (bicyclic) bond motifs is 1. The molecule has 2 atom stereocenters. The van der Waals surface area contributed by atoms with E-state index in [1.807, 2.05) is 31.2 Å². The van der Waals surface area contributed by atoms with Crippen LogP contribution in [0.15, 0.2) is 24.3 Å². The van der Waals surface area contributed by atoms with Gasteiger partial charge in [-0.3, -0.25) is 4.79 Å². The summed E-state index contributed by atoms with van der Waals surface area (Å²) in [5.41, 5.74) is 2.29. The standard InChI is InChI=1S/C14H19NO3/c1-10(9-17-2)18-14(16)12-7-11-5-3-4-6-13(11)15-8-12/h3-6,10,12,15H,7-9H2,1-2H3. The van der Waals surface area contributed by atoms with Crippen LogP contribution >= 0.6 is 0 Å². The number of anilines is 1. The maximum atomic E-state index is 12.0. The van der Waals surface area contributed by atoms with Crippen molar-refractivity contribution >= 4 is 11.7 Å². The monoisotopic (exact) mass is 249 g/mol. The number of carbonyl (C=O) groups is 1. The lowest BCUT2D eigenvalue weighted by Gasteiger charge is -2.25. The van der Waals surface area contributed by atoms with E-state index in [4.69, 9.17) is 9.47 Å². The van der Waals surface area contributed by atoms with Crippen LogP contribution in [0.4, 0.5) is 5.69 Å². The highest BCUT2D eigenvalue weighted by molar-refractivity contribution is 5.75. The predicted octanol–water partition coefficient (Wildman–Crippen LogP) is 1.85. The molecule has 0 amide bonds. The topological polar surface area (TPSA) is 47.6 Å². The van der Waals surface area contributed by atoms with E-state index in [-0.39, 0.29) is 18.0 Å². The first-order valence-corrected chi connectivity index (χ1v) is 6.22. The minimum absolute atomic E-state index is 0.112. The van der Waals surface area contributed by atoms with E-state index in [1.165, 1.54) is 5.56 Å². The summed E-state index contributed by atoms with van der Waals surface area (Å²) in [6.07, 6.45) is 0.543. The molecule has 0 saturated carbocycles. The molecule has 4 heteroatoms. The summed E-state index contributed by atoms with van der Waals surface area (Å²) >= 11 is 0. The molecule has 4 nitrogen and oxygen atoms in total. The molecule has 1 aliphatic heterocycles. The number of hydrogen-bond donors (Lipinski definition) is 1. The number of ether oxygens (including phenoxy) is 2. The minimum atomic E-state index is -0.195. The van der Waals surface area contributed by atoms with Crippen molar-refractivity contribution in [2.45, 2.75) is 19.4 Å². The van der Waals surface area contributed by atoms with Gasteiger partial charge >= 0.3 is 5.97 Å². The zero-order valence-electron chi connectivity index (χ0n) is 10.8. The van der Waals surface area contributed by atoms with Gasteiger partial charge in [-0.2, -0.15) is 0 Å². The lowest BCUT2D eigenvalue weighted by molar-refractivity contribution is -0.155. The van der Waals surface area contributed by atoms with Gasteiger partial charge in [-0.05, 0) is 25.0 Å². The number of para-hydroxylation sites is 1. The van der Waals surface area contributed by atoms with Gasteiger partial charge in [0, 0.05) is 19.3 Å². The number of rotatable bonds is 4. The van der Waals surface area contributed by atoms with Crippen LogP contribution in [0.1, 0.15) is 12.5 Å². The quantitative estimate of drug-likeness (QED) is 0.827. The number of esters is 1. The Morgan fingerprint density at radius 3 is 3.06 bits per heavy atom. The second kappa shape index (κ2) is 5.87. The van der Waals surface area contributed by atoms with Gasteiger partial charge in [0.15, 0.2) is 0 Å². The number of nitrogens with one attached hydrogen (secondary N) is 1. The second-order valence-corrected chi connectivity index (χ2v) is 4.64. The van der Waals surface area contributed by atoms with E-state index in [0.717, 1.165) is 12.1 Å². The van der Waals surface area contributed by atoms with Gasteiger partial charge in [0.1, 0.15) is 6.10 Å². The predicted molar refractivity (Wildman–Crippen MR) is 69.6 cm³/mol. The zero-order valence-corrected chi connectivity index (χ0v) is 10.8. The zero-order chi connectivity index (χ0) is 13.0. The number of hydrogen-bond acceptors (Lipinski definition) is 4. The summed E-state index contributed by atoms with van der Waals surface area (Å²) < 4.78 is 10.3. The summed E-state index contributed by atoms with van der Waals surface area (Å²) in [6.45, 7) is 2.91. The Kier molecular flexibility index (Phi) is 4.20. The fraction of sp³-hybridized carbons (Fsp3) is 0.500. The highest BCUT2D eigenvalue weighted by Crippen LogP contribution is 2.25. The van der Waals surface area contributed by atoms with Gasteiger partial charge in [-0.1, -0.05) is 18.2 Å². The van der Waals surface area contributed by atoms with Crippen molar-refractivity contribution in [1.29, 1.82) is 0 Å². The first-order chi connectivity index (χ1) is 8.70. The van der Waals surface area contributed by atoms with Gasteiger partial charge in [-0.15, -0.1) is 0 Å². The molecule has 98 valence electrons. The molecular weight excluding hydrogens is 230 g/mol. The van der Waals surface area contributed by atoms with Gasteiger partial charge in [-0.25, -0.2) is 0 Å². The SMILES string of the molecule is COCC(C)OC(=O)C1CNc2ccccc2C1. The molecule has 0 radical (unpaired) electrons. The smallest absolute Gasteiger partial charge is 0.311 e. The van der Waals surface area contributed by atoms with Crippen LogP contribution in [0.25, 0.3) is 0 Å². The second-order valence-electron chi connectivity index (χ2n) is 4.64. The highest BCUT2D eigenvalue weighted by atomic mass is 16.6. The maximum Gasteiger partial charge on any atom is 0.311 e. The Hall–Kier alpha value is -1.55. The maximum absolute atomic E-state index is 12.0. The Balaban J connectivity index is 1.94. The molecule has 0 aromatic heterocycles. The van der Waals surface area contributed by atoms with E-state index >= 15 is 0 Å². The fourth-order valence-electron chi connectivity index (χ4n) is 2.17. The first kappa shape index (κ1) is 12.9. The lowest BCUT2D eigenvalue weighted by Crippen LogP contribution is -2.33. The van der Waals surface area contributed by atoms with Crippen LogP contribution in [-0.2, 0) is 20.7 Å². The van der Waals surface area contributed by atoms with Gasteiger partial charge in [0.05, 0.1) is 12.5 Å². The summed E-state index contributed by atoms with van der Waals surface area (Å²) in [4.78, 5) is 12.0. The lowest BCUT2D eigenvalue weighted by atomic mass is 9.94. The van der Waals surface area contributed by atoms with Crippen molar-refractivity contribution in [1.82, 2.24) is 0 Å². The average Bonchev–Trinajstić information content (AvgIpc) is 2.38. The van der Waals surface area contributed by atoms with Crippen LogP contribution in [0.3, 0.4) is 0 Å². The molecule has 0 fully saturated rings. The molecule has 2 rings (SSSR count). The van der Waals surface area contributed by atoms with Crippen molar-refractivity contribution in [3.8, 4) is 0 Å². The molecule has 1 aromatic rings. The third-order valence-electron chi connectivity index (χ3n) is 3.07. The molecule has 0 aliphatic carbocycles. The van der Waals surface area contributed by atoms with Crippen LogP contribution < -0.4 is 5.32 Å². The number of benzene rings is 1. The fourth-order valence-corrected chi connectivity index (χ4v) is 2.17. The summed E-state index contributed by atoms with van der Waals surface area (Å²) in [5.74, 6) is -0.263. The van der Waals surface area contributed by atoms with E-state index in [9.17, 15) is 4.79 Å². The molecule has 1 aliphatic rings. The van der Waals surface area contributed by atoms with Crippen LogP contribution in [0.5, 0.6) is 0 Å². The Morgan fingerprint density at radius 2 is 2.28 bits per heavy atom. The van der Waals surface area contributed by atoms with Crippen molar-refractivity contribution in [2.24, 2.45) is 5.92 Å². The Bertz CT molecular complexity index is 419. The van der Waals surface area contributed by atoms with Crippen molar-refractivity contribution in [3.05, 3.63) is 29.8 Å². The number of carbonyl (C=O) groups excluding carboxylic acids is 1. The van der Waals surface area contributed by atoms with E-state index in [0.29, 0.717) is 13.2 Å². The Morgan fingerprint density at radius 1 is 1.50 bits per heavy atom. The van der Waals surface area contributed by atoms with E-state index < -0.39 is 0 Å². The molecule has 1 heterocycles. The molecule has 0 bridgehead atoms. The van der Waals surface area contributed by atoms with Gasteiger partial charge < -0.3 is 14.8 Å². The summed E-state index contributed by atoms with van der Waals surface area (Å²) in [5, 5.41) is 3.27. The molecule has 18 heavy (non-hydrogen) atoms. The molecule has 0 spiro atoms. The minimum Gasteiger partial charge on any atom is -0.460 e. The molecule has 2 unspecified atom stereocenters. The van der Waals surface area contributed by atoms with Crippen molar-refractivity contribution < 1.29 is 14.3 Å². The van der Waals surface area contributed by atoms with Gasteiger partial charge in [0.2, 0.25) is 0 Å².